The van der Waals surface area contributed by atoms with Gasteiger partial charge in [0.05, 0.1) is 5.75 Å². The third-order valence-corrected chi connectivity index (χ3v) is 5.28. The van der Waals surface area contributed by atoms with Crippen LogP contribution < -0.4 is 0 Å². The molecule has 0 unspecified atom stereocenters. The van der Waals surface area contributed by atoms with Gasteiger partial charge in [0.25, 0.3) is 0 Å². The Bertz CT molecular complexity index is 271. The lowest BCUT2D eigenvalue weighted by molar-refractivity contribution is 0.262. The van der Waals surface area contributed by atoms with Crippen molar-refractivity contribution in [2.45, 2.75) is 32.6 Å². The Hall–Kier alpha value is 0.200. The summed E-state index contributed by atoms with van der Waals surface area (Å²) >= 11 is 5.48. The van der Waals surface area contributed by atoms with Crippen LogP contribution in [-0.4, -0.2) is 37.4 Å². The van der Waals surface area contributed by atoms with Gasteiger partial charge in [-0.1, -0.05) is 19.8 Å². The molecule has 15 heavy (non-hydrogen) atoms. The summed E-state index contributed by atoms with van der Waals surface area (Å²) in [6.45, 7) is 3.55. The van der Waals surface area contributed by atoms with Gasteiger partial charge in [0.15, 0.2) is 0 Å². The zero-order valence-corrected chi connectivity index (χ0v) is 10.9. The predicted molar refractivity (Wildman–Crippen MR) is 63.7 cm³/mol. The van der Waals surface area contributed by atoms with Crippen molar-refractivity contribution in [1.29, 1.82) is 0 Å². The molecule has 90 valence electrons. The Balaban J connectivity index is 2.43. The largest absolute Gasteiger partial charge is 0.215 e. The molecule has 5 heteroatoms. The molecular formula is C10H20ClNO2S. The first-order chi connectivity index (χ1) is 7.10. The molecule has 1 aliphatic heterocycles. The van der Waals surface area contributed by atoms with Crippen LogP contribution in [0.2, 0.25) is 0 Å². The van der Waals surface area contributed by atoms with Crippen molar-refractivity contribution in [3.05, 3.63) is 0 Å². The number of alkyl halides is 1. The highest BCUT2D eigenvalue weighted by molar-refractivity contribution is 7.89. The summed E-state index contributed by atoms with van der Waals surface area (Å²) in [5.74, 6) is 0.988. The van der Waals surface area contributed by atoms with Crippen LogP contribution in [0.3, 0.4) is 0 Å². The summed E-state index contributed by atoms with van der Waals surface area (Å²) in [5, 5.41) is 0. The lowest BCUT2D eigenvalue weighted by Crippen LogP contribution is -2.40. The van der Waals surface area contributed by atoms with Crippen molar-refractivity contribution in [3.8, 4) is 0 Å². The van der Waals surface area contributed by atoms with E-state index in [1.54, 1.807) is 4.31 Å². The van der Waals surface area contributed by atoms with Crippen LogP contribution in [0.5, 0.6) is 0 Å². The zero-order valence-electron chi connectivity index (χ0n) is 9.28. The maximum atomic E-state index is 11.7. The first kappa shape index (κ1) is 13.3. The fourth-order valence-electron chi connectivity index (χ4n) is 2.11. The lowest BCUT2D eigenvalue weighted by atomic mass is 9.94. The lowest BCUT2D eigenvalue weighted by Gasteiger charge is -2.30. The fraction of sp³-hybridized carbons (Fsp3) is 1.00. The Kier molecular flexibility index (Phi) is 5.36. The van der Waals surface area contributed by atoms with Crippen molar-refractivity contribution >= 4 is 21.6 Å². The molecule has 1 aliphatic rings. The van der Waals surface area contributed by atoms with E-state index in [1.807, 2.05) is 0 Å². The minimum Gasteiger partial charge on any atom is -0.212 e. The molecule has 0 bridgehead atoms. The Morgan fingerprint density at radius 2 is 1.93 bits per heavy atom. The summed E-state index contributed by atoms with van der Waals surface area (Å²) in [4.78, 5) is 0. The number of piperidine rings is 1. The molecule has 1 rings (SSSR count). The molecule has 0 aromatic carbocycles. The van der Waals surface area contributed by atoms with Crippen molar-refractivity contribution < 1.29 is 8.42 Å². The summed E-state index contributed by atoms with van der Waals surface area (Å²) < 4.78 is 25.0. The van der Waals surface area contributed by atoms with Gasteiger partial charge in [0, 0.05) is 19.0 Å². The Labute approximate surface area is 97.8 Å². The highest BCUT2D eigenvalue weighted by atomic mass is 35.5. The van der Waals surface area contributed by atoms with Gasteiger partial charge in [-0.2, -0.15) is 0 Å². The van der Waals surface area contributed by atoms with E-state index >= 15 is 0 Å². The van der Waals surface area contributed by atoms with Crippen molar-refractivity contribution in [3.63, 3.8) is 0 Å². The molecule has 0 saturated carbocycles. The van der Waals surface area contributed by atoms with Gasteiger partial charge in [0.1, 0.15) is 0 Å². The average molecular weight is 254 g/mol. The quantitative estimate of drug-likeness (QED) is 0.704. The minimum absolute atomic E-state index is 0.0764. The van der Waals surface area contributed by atoms with Gasteiger partial charge in [-0.05, 0) is 18.8 Å². The van der Waals surface area contributed by atoms with Gasteiger partial charge < -0.3 is 0 Å². The maximum Gasteiger partial charge on any atom is 0.215 e. The maximum absolute atomic E-state index is 11.7. The number of hydrogen-bond donors (Lipinski definition) is 0. The van der Waals surface area contributed by atoms with E-state index in [2.05, 4.69) is 6.92 Å². The van der Waals surface area contributed by atoms with E-state index in [4.69, 9.17) is 11.6 Å². The van der Waals surface area contributed by atoms with Crippen LogP contribution in [0.25, 0.3) is 0 Å². The molecular weight excluding hydrogens is 234 g/mol. The van der Waals surface area contributed by atoms with Crippen molar-refractivity contribution in [2.24, 2.45) is 5.92 Å². The standard InChI is InChI=1S/C10H20ClNO2S/c1-2-3-10-4-7-12(8-5-10)15(13,14)9-6-11/h10H,2-9H2,1H3. The number of rotatable bonds is 5. The monoisotopic (exact) mass is 253 g/mol. The van der Waals surface area contributed by atoms with Crippen molar-refractivity contribution in [2.75, 3.05) is 24.7 Å². The number of halogens is 1. The molecule has 0 radical (unpaired) electrons. The molecule has 1 saturated heterocycles. The zero-order chi connectivity index (χ0) is 11.3. The van der Waals surface area contributed by atoms with Gasteiger partial charge >= 0.3 is 0 Å². The normalized spacial score (nSPS) is 20.7. The van der Waals surface area contributed by atoms with Gasteiger partial charge in [-0.25, -0.2) is 12.7 Å². The molecule has 0 N–H and O–H groups in total. The van der Waals surface area contributed by atoms with Crippen LogP contribution in [-0.2, 0) is 10.0 Å². The summed E-state index contributed by atoms with van der Waals surface area (Å²) in [6, 6.07) is 0. The molecule has 1 heterocycles. The molecule has 0 spiro atoms. The van der Waals surface area contributed by atoms with Gasteiger partial charge in [0.2, 0.25) is 10.0 Å². The van der Waals surface area contributed by atoms with Crippen molar-refractivity contribution in [1.82, 2.24) is 4.31 Å². The molecule has 0 aliphatic carbocycles. The predicted octanol–water partition coefficient (Wildman–Crippen LogP) is 2.07. The highest BCUT2D eigenvalue weighted by Crippen LogP contribution is 2.23. The summed E-state index contributed by atoms with van der Waals surface area (Å²) in [6.07, 6.45) is 4.44. The number of hydrogen-bond acceptors (Lipinski definition) is 2. The summed E-state index contributed by atoms with van der Waals surface area (Å²) in [5.41, 5.74) is 0. The first-order valence-electron chi connectivity index (χ1n) is 5.64. The number of nitrogens with zero attached hydrogens (tertiary/aromatic N) is 1. The summed E-state index contributed by atoms with van der Waals surface area (Å²) in [7, 11) is -3.07. The van der Waals surface area contributed by atoms with Crippen LogP contribution in [0.1, 0.15) is 32.6 Å². The molecule has 0 aromatic rings. The Morgan fingerprint density at radius 3 is 2.40 bits per heavy atom. The Morgan fingerprint density at radius 1 is 1.33 bits per heavy atom. The second-order valence-corrected chi connectivity index (χ2v) is 6.60. The van der Waals surface area contributed by atoms with Gasteiger partial charge in [-0.15, -0.1) is 11.6 Å². The smallest absolute Gasteiger partial charge is 0.212 e. The topological polar surface area (TPSA) is 37.4 Å². The van der Waals surface area contributed by atoms with Gasteiger partial charge in [-0.3, -0.25) is 0 Å². The third-order valence-electron chi connectivity index (χ3n) is 3.00. The van der Waals surface area contributed by atoms with Crippen LogP contribution in [0, 0.1) is 5.92 Å². The van der Waals surface area contributed by atoms with Crippen LogP contribution in [0.4, 0.5) is 0 Å². The first-order valence-corrected chi connectivity index (χ1v) is 7.78. The fourth-order valence-corrected chi connectivity index (χ4v) is 3.92. The highest BCUT2D eigenvalue weighted by Gasteiger charge is 2.26. The molecule has 3 nitrogen and oxygen atoms in total. The molecule has 0 atom stereocenters. The van der Waals surface area contributed by atoms with Crippen LogP contribution >= 0.6 is 11.6 Å². The van der Waals surface area contributed by atoms with E-state index in [1.165, 1.54) is 12.8 Å². The molecule has 0 aromatic heterocycles. The third kappa shape index (κ3) is 3.93. The van der Waals surface area contributed by atoms with E-state index in [-0.39, 0.29) is 11.6 Å². The van der Waals surface area contributed by atoms with E-state index < -0.39 is 10.0 Å². The van der Waals surface area contributed by atoms with E-state index in [9.17, 15) is 8.42 Å². The van der Waals surface area contributed by atoms with E-state index in [0.29, 0.717) is 13.1 Å². The molecule has 1 fully saturated rings. The molecule has 0 amide bonds. The number of sulfonamides is 1. The van der Waals surface area contributed by atoms with E-state index in [0.717, 1.165) is 18.8 Å². The van der Waals surface area contributed by atoms with Crippen LogP contribution in [0.15, 0.2) is 0 Å². The SMILES string of the molecule is CCCC1CCN(S(=O)(=O)CCCl)CC1. The second kappa shape index (κ2) is 6.06. The average Bonchev–Trinajstić information content (AvgIpc) is 2.19. The minimum atomic E-state index is -3.07. The second-order valence-electron chi connectivity index (χ2n) is 4.14.